The first-order valence-electron chi connectivity index (χ1n) is 8.78. The molecule has 2 heterocycles. The van der Waals surface area contributed by atoms with E-state index in [0.717, 1.165) is 17.0 Å². The maximum atomic E-state index is 13.0. The molecule has 1 unspecified atom stereocenters. The van der Waals surface area contributed by atoms with E-state index in [-0.39, 0.29) is 10.7 Å². The number of carbonyl (C=O) groups is 3. The van der Waals surface area contributed by atoms with Crippen LogP contribution in [0.25, 0.3) is 0 Å². The van der Waals surface area contributed by atoms with E-state index in [1.165, 1.54) is 23.1 Å². The Morgan fingerprint density at radius 2 is 1.79 bits per heavy atom. The maximum absolute atomic E-state index is 13.0. The highest BCUT2D eigenvalue weighted by Crippen LogP contribution is 2.17. The fraction of sp³-hybridized carbons (Fsp3) is 0.316. The summed E-state index contributed by atoms with van der Waals surface area (Å²) in [7, 11) is 0. The van der Waals surface area contributed by atoms with E-state index in [4.69, 9.17) is 0 Å². The van der Waals surface area contributed by atoms with Gasteiger partial charge >= 0.3 is 0 Å². The molecule has 7 nitrogen and oxygen atoms in total. The zero-order chi connectivity index (χ0) is 20.1. The van der Waals surface area contributed by atoms with Crippen molar-refractivity contribution in [1.29, 1.82) is 0 Å². The summed E-state index contributed by atoms with van der Waals surface area (Å²) in [6.45, 7) is 1.26. The molecule has 1 aromatic carbocycles. The lowest BCUT2D eigenvalue weighted by molar-refractivity contribution is -0.137. The van der Waals surface area contributed by atoms with Gasteiger partial charge in [-0.3, -0.25) is 14.4 Å². The van der Waals surface area contributed by atoms with Gasteiger partial charge in [0.05, 0.1) is 11.5 Å². The van der Waals surface area contributed by atoms with Gasteiger partial charge in [-0.2, -0.15) is 0 Å². The summed E-state index contributed by atoms with van der Waals surface area (Å²) in [5.41, 5.74) is 0.863. The maximum Gasteiger partial charge on any atom is 0.293 e. The molecule has 1 atom stereocenters. The van der Waals surface area contributed by atoms with Gasteiger partial charge in [-0.1, -0.05) is 6.07 Å². The molecule has 0 radical (unpaired) electrons. The van der Waals surface area contributed by atoms with Crippen molar-refractivity contribution in [1.82, 2.24) is 10.2 Å². The van der Waals surface area contributed by atoms with Crippen LogP contribution in [0, 0.1) is 5.82 Å². The number of halogens is 1. The highest BCUT2D eigenvalue weighted by molar-refractivity contribution is 7.13. The van der Waals surface area contributed by atoms with Crippen molar-refractivity contribution in [2.75, 3.05) is 37.7 Å². The Hall–Kier alpha value is -2.78. The van der Waals surface area contributed by atoms with Gasteiger partial charge < -0.3 is 20.2 Å². The quantitative estimate of drug-likeness (QED) is 0.551. The molecule has 0 aliphatic carbocycles. The molecule has 28 heavy (non-hydrogen) atoms. The molecule has 2 amide bonds. The van der Waals surface area contributed by atoms with Crippen molar-refractivity contribution in [2.24, 2.45) is 0 Å². The van der Waals surface area contributed by atoms with E-state index in [2.05, 4.69) is 5.32 Å². The lowest BCUT2D eigenvalue weighted by Gasteiger charge is -2.37. The molecule has 2 aromatic rings. The average molecular weight is 405 g/mol. The highest BCUT2D eigenvalue weighted by Gasteiger charge is 2.30. The van der Waals surface area contributed by atoms with Crippen molar-refractivity contribution in [3.63, 3.8) is 0 Å². The molecule has 1 fully saturated rings. The van der Waals surface area contributed by atoms with Gasteiger partial charge in [-0.05, 0) is 35.7 Å². The predicted molar refractivity (Wildman–Crippen MR) is 103 cm³/mol. The molecule has 0 saturated carbocycles. The number of carbonyl (C=O) groups excluding carboxylic acids is 3. The summed E-state index contributed by atoms with van der Waals surface area (Å²) in [6, 6.07) is 8.13. The highest BCUT2D eigenvalue weighted by atomic mass is 32.1. The minimum atomic E-state index is -1.17. The zero-order valence-corrected chi connectivity index (χ0v) is 15.8. The van der Waals surface area contributed by atoms with Crippen LogP contribution in [0.1, 0.15) is 9.67 Å². The second-order valence-corrected chi connectivity index (χ2v) is 7.25. The monoisotopic (exact) mass is 405 g/mol. The van der Waals surface area contributed by atoms with Gasteiger partial charge in [0.1, 0.15) is 11.9 Å². The lowest BCUT2D eigenvalue weighted by atomic mass is 10.2. The smallest absolute Gasteiger partial charge is 0.293 e. The SMILES string of the molecule is O=C(NC(CO)C(=O)N1CCN(c2ccc(F)cc2)CC1)C(=O)c1cccs1. The molecule has 148 valence electrons. The van der Waals surface area contributed by atoms with Gasteiger partial charge in [0.15, 0.2) is 0 Å². The number of ketones is 1. The Labute approximate surface area is 165 Å². The van der Waals surface area contributed by atoms with Crippen LogP contribution in [0.15, 0.2) is 41.8 Å². The normalized spacial score (nSPS) is 15.2. The molecular weight excluding hydrogens is 385 g/mol. The number of anilines is 1. The van der Waals surface area contributed by atoms with Crippen molar-refractivity contribution in [2.45, 2.75) is 6.04 Å². The number of benzene rings is 1. The van der Waals surface area contributed by atoms with Crippen LogP contribution in [0.3, 0.4) is 0 Å². The van der Waals surface area contributed by atoms with E-state index in [9.17, 15) is 23.9 Å². The van der Waals surface area contributed by atoms with Crippen molar-refractivity contribution in [3.05, 3.63) is 52.5 Å². The molecule has 0 bridgehead atoms. The first-order valence-corrected chi connectivity index (χ1v) is 9.66. The number of aliphatic hydroxyl groups excluding tert-OH is 1. The molecule has 2 N–H and O–H groups in total. The summed E-state index contributed by atoms with van der Waals surface area (Å²) in [5, 5.41) is 13.5. The number of amides is 2. The minimum Gasteiger partial charge on any atom is -0.394 e. The molecule has 3 rings (SSSR count). The van der Waals surface area contributed by atoms with Crippen LogP contribution in [0.5, 0.6) is 0 Å². The Morgan fingerprint density at radius 3 is 2.36 bits per heavy atom. The third-order valence-corrected chi connectivity index (χ3v) is 5.39. The van der Waals surface area contributed by atoms with Gasteiger partial charge in [0, 0.05) is 31.9 Å². The molecular formula is C19H20FN3O4S. The van der Waals surface area contributed by atoms with Gasteiger partial charge in [-0.25, -0.2) is 4.39 Å². The third kappa shape index (κ3) is 4.55. The van der Waals surface area contributed by atoms with Crippen LogP contribution in [0.4, 0.5) is 10.1 Å². The van der Waals surface area contributed by atoms with Crippen molar-refractivity contribution in [3.8, 4) is 0 Å². The number of thiophene rings is 1. The Bertz CT molecular complexity index is 833. The second-order valence-electron chi connectivity index (χ2n) is 6.30. The van der Waals surface area contributed by atoms with E-state index in [1.807, 2.05) is 4.90 Å². The molecule has 1 aliphatic rings. The van der Waals surface area contributed by atoms with Crippen LogP contribution >= 0.6 is 11.3 Å². The van der Waals surface area contributed by atoms with Crippen LogP contribution in [-0.4, -0.2) is 66.4 Å². The van der Waals surface area contributed by atoms with E-state index in [0.29, 0.717) is 26.2 Å². The number of hydrogen-bond donors (Lipinski definition) is 2. The Morgan fingerprint density at radius 1 is 1.11 bits per heavy atom. The van der Waals surface area contributed by atoms with Gasteiger partial charge in [0.25, 0.3) is 11.7 Å². The third-order valence-electron chi connectivity index (χ3n) is 4.52. The number of nitrogens with one attached hydrogen (secondary N) is 1. The number of rotatable bonds is 6. The molecule has 1 aromatic heterocycles. The molecule has 9 heteroatoms. The molecule has 1 saturated heterocycles. The summed E-state index contributed by atoms with van der Waals surface area (Å²) in [6.07, 6.45) is 0. The topological polar surface area (TPSA) is 89.9 Å². The Kier molecular flexibility index (Phi) is 6.37. The van der Waals surface area contributed by atoms with E-state index < -0.39 is 30.2 Å². The minimum absolute atomic E-state index is 0.273. The fourth-order valence-corrected chi connectivity index (χ4v) is 3.65. The number of nitrogens with zero attached hydrogens (tertiary/aromatic N) is 2. The van der Waals surface area contributed by atoms with Crippen LogP contribution in [-0.2, 0) is 9.59 Å². The summed E-state index contributed by atoms with van der Waals surface area (Å²) in [4.78, 5) is 40.6. The van der Waals surface area contributed by atoms with Crippen LogP contribution in [0.2, 0.25) is 0 Å². The number of aliphatic hydroxyl groups is 1. The predicted octanol–water partition coefficient (Wildman–Crippen LogP) is 0.896. The van der Waals surface area contributed by atoms with Gasteiger partial charge in [0.2, 0.25) is 5.91 Å². The molecule has 0 spiro atoms. The summed E-state index contributed by atoms with van der Waals surface area (Å²) < 4.78 is 13.0. The summed E-state index contributed by atoms with van der Waals surface area (Å²) >= 11 is 1.13. The standard InChI is InChI=1S/C19H20FN3O4S/c20-13-3-5-14(6-4-13)22-7-9-23(10-8-22)19(27)15(12-24)21-18(26)17(25)16-2-1-11-28-16/h1-6,11,15,24H,7-10,12H2,(H,21,26). The summed E-state index contributed by atoms with van der Waals surface area (Å²) in [5.74, 6) is -2.40. The first-order chi connectivity index (χ1) is 13.5. The molecule has 1 aliphatic heterocycles. The number of hydrogen-bond acceptors (Lipinski definition) is 6. The first kappa shape index (κ1) is 20.0. The van der Waals surface area contributed by atoms with Gasteiger partial charge in [-0.15, -0.1) is 11.3 Å². The van der Waals surface area contributed by atoms with Crippen molar-refractivity contribution >= 4 is 34.6 Å². The van der Waals surface area contributed by atoms with E-state index >= 15 is 0 Å². The Balaban J connectivity index is 1.56. The second kappa shape index (κ2) is 8.94. The zero-order valence-electron chi connectivity index (χ0n) is 15.0. The van der Waals surface area contributed by atoms with Crippen molar-refractivity contribution < 1.29 is 23.9 Å². The fourth-order valence-electron chi connectivity index (χ4n) is 2.99. The lowest BCUT2D eigenvalue weighted by Crippen LogP contribution is -2.56. The number of piperazine rings is 1. The number of Topliss-reactive ketones (excluding diaryl/α,β-unsaturated/α-hetero) is 1. The average Bonchev–Trinajstić information content (AvgIpc) is 3.26. The largest absolute Gasteiger partial charge is 0.394 e. The van der Waals surface area contributed by atoms with Crippen LogP contribution < -0.4 is 10.2 Å². The van der Waals surface area contributed by atoms with E-state index in [1.54, 1.807) is 23.6 Å².